The monoisotopic (exact) mass is 768 g/mol. The molecule has 2 aliphatic heterocycles. The average Bonchev–Trinajstić information content (AvgIpc) is 3.95. The first-order chi connectivity index (χ1) is 26.0. The molecule has 54 heavy (non-hydrogen) atoms. The van der Waals surface area contributed by atoms with E-state index in [1.165, 1.54) is 39.8 Å². The Morgan fingerprint density at radius 2 is 1.20 bits per heavy atom. The van der Waals surface area contributed by atoms with E-state index in [1.54, 1.807) is 22.7 Å². The van der Waals surface area contributed by atoms with Crippen LogP contribution >= 0.6 is 22.7 Å². The van der Waals surface area contributed by atoms with Crippen molar-refractivity contribution in [1.82, 2.24) is 20.6 Å². The Hall–Kier alpha value is -2.86. The third kappa shape index (κ3) is 7.51. The molecule has 2 unspecified atom stereocenters. The van der Waals surface area contributed by atoms with Gasteiger partial charge in [0.1, 0.15) is 0 Å². The van der Waals surface area contributed by atoms with Crippen LogP contribution in [0, 0.1) is 0 Å². The molecule has 2 aromatic heterocycles. The molecule has 0 spiro atoms. The van der Waals surface area contributed by atoms with Gasteiger partial charge in [0.25, 0.3) is 0 Å². The second kappa shape index (κ2) is 15.2. The average molecular weight is 769 g/mol. The second-order valence-electron chi connectivity index (χ2n) is 18.1. The van der Waals surface area contributed by atoms with Gasteiger partial charge in [0.15, 0.2) is 10.3 Å². The highest BCUT2D eigenvalue weighted by Gasteiger charge is 2.48. The molecule has 8 rings (SSSR count). The number of aromatic nitrogens is 2. The molecule has 0 amide bonds. The Balaban J connectivity index is 0.988. The first-order valence-corrected chi connectivity index (χ1v) is 22.1. The number of rotatable bonds is 12. The zero-order valence-corrected chi connectivity index (χ0v) is 34.6. The second-order valence-corrected chi connectivity index (χ2v) is 19.8. The predicted octanol–water partition coefficient (Wildman–Crippen LogP) is 7.83. The van der Waals surface area contributed by atoms with E-state index in [-0.39, 0.29) is 29.5 Å². The van der Waals surface area contributed by atoms with Gasteiger partial charge in [-0.25, -0.2) is 9.97 Å². The van der Waals surface area contributed by atoms with E-state index in [0.29, 0.717) is 31.1 Å². The van der Waals surface area contributed by atoms with Crippen LogP contribution in [0.15, 0.2) is 47.2 Å². The number of aliphatic hydroxyl groups excluding tert-OH is 2. The van der Waals surface area contributed by atoms with Crippen molar-refractivity contribution in [3.63, 3.8) is 0 Å². The molecule has 4 N–H and O–H groups in total. The molecule has 0 bridgehead atoms. The largest absolute Gasteiger partial charge is 0.395 e. The summed E-state index contributed by atoms with van der Waals surface area (Å²) in [6, 6.07) is 15.4. The molecule has 4 aliphatic rings. The Morgan fingerprint density at radius 1 is 0.685 bits per heavy atom. The van der Waals surface area contributed by atoms with Gasteiger partial charge in [-0.15, -0.1) is 22.7 Å². The number of benzene rings is 2. The van der Waals surface area contributed by atoms with Crippen molar-refractivity contribution < 1.29 is 10.2 Å². The summed E-state index contributed by atoms with van der Waals surface area (Å²) >= 11 is 3.54. The Labute approximate surface area is 330 Å². The number of nitrogens with zero attached hydrogens (tertiary/aromatic N) is 4. The van der Waals surface area contributed by atoms with E-state index < -0.39 is 0 Å². The summed E-state index contributed by atoms with van der Waals surface area (Å²) in [5.74, 6) is 0.506. The summed E-state index contributed by atoms with van der Waals surface area (Å²) in [5.41, 5.74) is 11.0. The van der Waals surface area contributed by atoms with E-state index in [0.717, 1.165) is 86.4 Å². The first kappa shape index (κ1) is 38.0. The van der Waals surface area contributed by atoms with Crippen LogP contribution in [0.1, 0.15) is 108 Å². The molecule has 290 valence electrons. The van der Waals surface area contributed by atoms with E-state index in [9.17, 15) is 10.2 Å². The van der Waals surface area contributed by atoms with Crippen LogP contribution in [0.3, 0.4) is 0 Å². The minimum atomic E-state index is 0.0725. The lowest BCUT2D eigenvalue weighted by molar-refractivity contribution is 0.277. The molecule has 2 atom stereocenters. The van der Waals surface area contributed by atoms with E-state index in [2.05, 4.69) is 102 Å². The van der Waals surface area contributed by atoms with Gasteiger partial charge < -0.3 is 30.6 Å². The quantitative estimate of drug-likeness (QED) is 0.116. The topological polar surface area (TPSA) is 96.8 Å². The van der Waals surface area contributed by atoms with Gasteiger partial charge in [-0.3, -0.25) is 0 Å². The number of fused-ring (bicyclic) bond motifs is 2. The third-order valence-electron chi connectivity index (χ3n) is 13.1. The molecule has 8 nitrogen and oxygen atoms in total. The Kier molecular flexibility index (Phi) is 10.7. The zero-order valence-electron chi connectivity index (χ0n) is 33.0. The van der Waals surface area contributed by atoms with Crippen LogP contribution in [0.2, 0.25) is 0 Å². The summed E-state index contributed by atoms with van der Waals surface area (Å²) in [7, 11) is 0. The molecule has 2 fully saturated rings. The maximum absolute atomic E-state index is 9.20. The standard InChI is InChI=1S/C44H60N6O2S2/c1-42(2)24-31(34-8-6-29(22-36(34)42)38-26-53-40(47-38)49-16-10-32(11-17-49)45-14-20-51)25-44(5)28-43(3,4)35-9-7-30(23-37(35)44)39-27-54-41(48-39)50-18-12-33(13-19-50)46-15-21-52/h6-9,22-23,26-27,31-33,45-46,51-52H,10-21,24-25,28H2,1-5H3. The Bertz CT molecular complexity index is 1920. The van der Waals surface area contributed by atoms with Crippen LogP contribution in [-0.2, 0) is 16.2 Å². The van der Waals surface area contributed by atoms with Crippen LogP contribution in [-0.4, -0.2) is 84.7 Å². The fraction of sp³-hybridized carbons (Fsp3) is 0.591. The molecule has 2 aliphatic carbocycles. The summed E-state index contributed by atoms with van der Waals surface area (Å²) in [5, 5.41) is 32.1. The number of nitrogens with one attached hydrogen (secondary N) is 2. The normalized spacial score (nSPS) is 23.9. The van der Waals surface area contributed by atoms with Gasteiger partial charge in [-0.2, -0.15) is 0 Å². The van der Waals surface area contributed by atoms with Crippen molar-refractivity contribution >= 4 is 32.9 Å². The highest BCUT2D eigenvalue weighted by atomic mass is 32.1. The first-order valence-electron chi connectivity index (χ1n) is 20.4. The SMILES string of the molecule is CC1(C)CC(CC2(C)CC(C)(C)c3ccc(-c4csc(N5CCC(NCCO)CC5)n4)cc32)c2ccc(-c3csc(N4CCC(NCCO)CC4)n3)cc21. The lowest BCUT2D eigenvalue weighted by Gasteiger charge is -2.32. The Morgan fingerprint density at radius 3 is 1.74 bits per heavy atom. The van der Waals surface area contributed by atoms with Gasteiger partial charge in [0.2, 0.25) is 0 Å². The highest BCUT2D eigenvalue weighted by molar-refractivity contribution is 7.14. The van der Waals surface area contributed by atoms with Crippen molar-refractivity contribution in [3.8, 4) is 22.5 Å². The van der Waals surface area contributed by atoms with Crippen LogP contribution in [0.5, 0.6) is 0 Å². The van der Waals surface area contributed by atoms with Gasteiger partial charge >= 0.3 is 0 Å². The fourth-order valence-corrected chi connectivity index (χ4v) is 12.3. The third-order valence-corrected chi connectivity index (χ3v) is 14.9. The van der Waals surface area contributed by atoms with Crippen molar-refractivity contribution in [2.45, 2.75) is 114 Å². The molecule has 2 saturated heterocycles. The van der Waals surface area contributed by atoms with Crippen LogP contribution in [0.25, 0.3) is 22.5 Å². The number of anilines is 2. The molecule has 4 aromatic rings. The number of aliphatic hydroxyl groups is 2. The van der Waals surface area contributed by atoms with Crippen molar-refractivity contribution in [3.05, 3.63) is 69.4 Å². The van der Waals surface area contributed by atoms with E-state index in [4.69, 9.17) is 9.97 Å². The van der Waals surface area contributed by atoms with Gasteiger partial charge in [0.05, 0.1) is 24.6 Å². The summed E-state index contributed by atoms with van der Waals surface area (Å²) in [4.78, 5) is 15.2. The van der Waals surface area contributed by atoms with Gasteiger partial charge in [-0.1, -0.05) is 58.9 Å². The molecular weight excluding hydrogens is 709 g/mol. The maximum Gasteiger partial charge on any atom is 0.185 e. The summed E-state index contributed by atoms with van der Waals surface area (Å²) in [6.07, 6.45) is 7.81. The van der Waals surface area contributed by atoms with Gasteiger partial charge in [-0.05, 0) is 101 Å². The summed E-state index contributed by atoms with van der Waals surface area (Å²) < 4.78 is 0. The zero-order chi connectivity index (χ0) is 37.7. The molecule has 4 heterocycles. The number of thiazole rings is 2. The molecule has 10 heteroatoms. The van der Waals surface area contributed by atoms with Crippen LogP contribution < -0.4 is 20.4 Å². The number of hydrogen-bond donors (Lipinski definition) is 4. The van der Waals surface area contributed by atoms with E-state index >= 15 is 0 Å². The molecule has 0 radical (unpaired) electrons. The molecule has 2 aromatic carbocycles. The number of piperidine rings is 2. The predicted molar refractivity (Wildman–Crippen MR) is 226 cm³/mol. The smallest absolute Gasteiger partial charge is 0.185 e. The lowest BCUT2D eigenvalue weighted by Crippen LogP contribution is -2.43. The number of hydrogen-bond acceptors (Lipinski definition) is 10. The molecular formula is C44H60N6O2S2. The summed E-state index contributed by atoms with van der Waals surface area (Å²) in [6.45, 7) is 18.1. The fourth-order valence-electron chi connectivity index (χ4n) is 10.5. The maximum atomic E-state index is 9.20. The lowest BCUT2D eigenvalue weighted by atomic mass is 9.72. The molecule has 0 saturated carbocycles. The van der Waals surface area contributed by atoms with Crippen LogP contribution in [0.4, 0.5) is 10.3 Å². The van der Waals surface area contributed by atoms with Crippen molar-refractivity contribution in [2.24, 2.45) is 0 Å². The van der Waals surface area contributed by atoms with Gasteiger partial charge in [0, 0.05) is 73.2 Å². The minimum Gasteiger partial charge on any atom is -0.395 e. The minimum absolute atomic E-state index is 0.0725. The van der Waals surface area contributed by atoms with E-state index in [1.807, 2.05) is 0 Å². The van der Waals surface area contributed by atoms with Crippen molar-refractivity contribution in [2.75, 3.05) is 62.3 Å². The van der Waals surface area contributed by atoms with Crippen molar-refractivity contribution in [1.29, 1.82) is 0 Å². The highest BCUT2D eigenvalue weighted by Crippen LogP contribution is 2.58.